The molecule has 1 aromatic heterocycles. The third-order valence-electron chi connectivity index (χ3n) is 3.87. The Balaban J connectivity index is 1.97. The van der Waals surface area contributed by atoms with Crippen molar-refractivity contribution >= 4 is 11.9 Å². The molecule has 150 valence electrons. The van der Waals surface area contributed by atoms with Gasteiger partial charge < -0.3 is 16.2 Å². The SMILES string of the molecule is Cc1cc(Oc2ccc(-n3cnnc3)cc2)c(C(F)(F)F)cc1C(=O)N=C(N)N. The zero-order valence-corrected chi connectivity index (χ0v) is 15.0. The van der Waals surface area contributed by atoms with Crippen LogP contribution in [-0.4, -0.2) is 26.6 Å². The number of halogens is 3. The number of benzene rings is 2. The summed E-state index contributed by atoms with van der Waals surface area (Å²) in [5.74, 6) is -1.79. The number of ether oxygens (including phenoxy) is 1. The molecule has 2 aromatic carbocycles. The summed E-state index contributed by atoms with van der Waals surface area (Å²) >= 11 is 0. The van der Waals surface area contributed by atoms with E-state index in [-0.39, 0.29) is 16.9 Å². The lowest BCUT2D eigenvalue weighted by atomic mass is 10.0. The van der Waals surface area contributed by atoms with Crippen LogP contribution in [0.2, 0.25) is 0 Å². The standard InChI is InChI=1S/C18H15F3N6O2/c1-10-6-15(14(18(19,20)21)7-13(10)16(28)26-17(22)23)29-12-4-2-11(3-5-12)27-8-24-25-9-27/h2-9H,1H3,(H4,22,23,26,28). The largest absolute Gasteiger partial charge is 0.457 e. The highest BCUT2D eigenvalue weighted by Crippen LogP contribution is 2.40. The van der Waals surface area contributed by atoms with Crippen LogP contribution in [0.1, 0.15) is 21.5 Å². The summed E-state index contributed by atoms with van der Waals surface area (Å²) in [6.07, 6.45) is -1.81. The number of aryl methyl sites for hydroxylation is 1. The summed E-state index contributed by atoms with van der Waals surface area (Å²) < 4.78 is 47.7. The highest BCUT2D eigenvalue weighted by atomic mass is 19.4. The molecular formula is C18H15F3N6O2. The number of amides is 1. The lowest BCUT2D eigenvalue weighted by molar-refractivity contribution is -0.138. The molecule has 0 saturated heterocycles. The smallest absolute Gasteiger partial charge is 0.420 e. The Hall–Kier alpha value is -3.89. The van der Waals surface area contributed by atoms with Gasteiger partial charge in [-0.15, -0.1) is 10.2 Å². The van der Waals surface area contributed by atoms with Gasteiger partial charge in [-0.1, -0.05) is 0 Å². The average molecular weight is 404 g/mol. The van der Waals surface area contributed by atoms with Gasteiger partial charge in [0.05, 0.1) is 5.56 Å². The molecule has 0 saturated carbocycles. The molecular weight excluding hydrogens is 389 g/mol. The van der Waals surface area contributed by atoms with Crippen LogP contribution in [0, 0.1) is 6.92 Å². The second-order valence-corrected chi connectivity index (χ2v) is 5.97. The van der Waals surface area contributed by atoms with Gasteiger partial charge in [-0.05, 0) is 48.9 Å². The Kier molecular flexibility index (Phi) is 5.22. The second-order valence-electron chi connectivity index (χ2n) is 5.97. The summed E-state index contributed by atoms with van der Waals surface area (Å²) in [6.45, 7) is 1.46. The minimum atomic E-state index is -4.77. The third-order valence-corrected chi connectivity index (χ3v) is 3.87. The first-order chi connectivity index (χ1) is 13.6. The Labute approximate surface area is 162 Å². The van der Waals surface area contributed by atoms with E-state index in [0.717, 1.165) is 6.07 Å². The van der Waals surface area contributed by atoms with Crippen molar-refractivity contribution in [2.45, 2.75) is 13.1 Å². The lowest BCUT2D eigenvalue weighted by Gasteiger charge is -2.16. The number of guanidine groups is 1. The van der Waals surface area contributed by atoms with E-state index in [0.29, 0.717) is 11.8 Å². The van der Waals surface area contributed by atoms with E-state index in [1.165, 1.54) is 31.7 Å². The van der Waals surface area contributed by atoms with E-state index in [1.54, 1.807) is 16.7 Å². The molecule has 0 spiro atoms. The fourth-order valence-corrected chi connectivity index (χ4v) is 2.54. The molecule has 3 rings (SSSR count). The molecule has 3 aromatic rings. The van der Waals surface area contributed by atoms with Crippen molar-refractivity contribution in [2.75, 3.05) is 0 Å². The molecule has 0 aliphatic heterocycles. The first kappa shape index (κ1) is 19.9. The average Bonchev–Trinajstić information content (AvgIpc) is 3.15. The van der Waals surface area contributed by atoms with E-state index in [2.05, 4.69) is 15.2 Å². The number of carbonyl (C=O) groups excluding carboxylic acids is 1. The van der Waals surface area contributed by atoms with Crippen LogP contribution in [0.25, 0.3) is 5.69 Å². The van der Waals surface area contributed by atoms with Gasteiger partial charge in [-0.25, -0.2) is 0 Å². The Morgan fingerprint density at radius 2 is 1.72 bits per heavy atom. The van der Waals surface area contributed by atoms with Crippen molar-refractivity contribution in [3.8, 4) is 17.2 Å². The molecule has 0 fully saturated rings. The molecule has 1 amide bonds. The van der Waals surface area contributed by atoms with E-state index in [9.17, 15) is 18.0 Å². The predicted octanol–water partition coefficient (Wildman–Crippen LogP) is 2.80. The quantitative estimate of drug-likeness (QED) is 0.509. The number of hydrogen-bond donors (Lipinski definition) is 2. The summed E-state index contributed by atoms with van der Waals surface area (Å²) in [5.41, 5.74) is 9.79. The lowest BCUT2D eigenvalue weighted by Crippen LogP contribution is -2.24. The summed E-state index contributed by atoms with van der Waals surface area (Å²) in [4.78, 5) is 15.3. The van der Waals surface area contributed by atoms with Gasteiger partial charge in [0.1, 0.15) is 24.2 Å². The molecule has 29 heavy (non-hydrogen) atoms. The number of alkyl halides is 3. The summed E-state index contributed by atoms with van der Waals surface area (Å²) in [6, 6.07) is 8.06. The first-order valence-electron chi connectivity index (χ1n) is 8.14. The van der Waals surface area contributed by atoms with Gasteiger partial charge in [-0.3, -0.25) is 9.36 Å². The van der Waals surface area contributed by atoms with Gasteiger partial charge in [0, 0.05) is 11.3 Å². The molecule has 1 heterocycles. The Morgan fingerprint density at radius 1 is 1.10 bits per heavy atom. The molecule has 0 bridgehead atoms. The highest BCUT2D eigenvalue weighted by molar-refractivity contribution is 6.03. The molecule has 0 radical (unpaired) electrons. The van der Waals surface area contributed by atoms with Gasteiger partial charge in [0.2, 0.25) is 0 Å². The second kappa shape index (κ2) is 7.62. The van der Waals surface area contributed by atoms with Crippen LogP contribution in [0.15, 0.2) is 54.0 Å². The normalized spacial score (nSPS) is 11.2. The molecule has 0 aliphatic carbocycles. The maximum absolute atomic E-state index is 13.5. The van der Waals surface area contributed by atoms with Crippen molar-refractivity contribution < 1.29 is 22.7 Å². The molecule has 0 aliphatic rings. The molecule has 0 atom stereocenters. The van der Waals surface area contributed by atoms with Crippen molar-refractivity contribution in [2.24, 2.45) is 16.5 Å². The van der Waals surface area contributed by atoms with Crippen molar-refractivity contribution in [1.29, 1.82) is 0 Å². The number of rotatable bonds is 4. The zero-order valence-electron chi connectivity index (χ0n) is 15.0. The summed E-state index contributed by atoms with van der Waals surface area (Å²) in [5, 5.41) is 7.36. The molecule has 8 nitrogen and oxygen atoms in total. The maximum Gasteiger partial charge on any atom is 0.420 e. The van der Waals surface area contributed by atoms with E-state index in [1.807, 2.05) is 0 Å². The first-order valence-corrected chi connectivity index (χ1v) is 8.14. The fraction of sp³-hybridized carbons (Fsp3) is 0.111. The monoisotopic (exact) mass is 404 g/mol. The van der Waals surface area contributed by atoms with E-state index in [4.69, 9.17) is 16.2 Å². The third kappa shape index (κ3) is 4.51. The number of nitrogens with two attached hydrogens (primary N) is 2. The van der Waals surface area contributed by atoms with Crippen LogP contribution >= 0.6 is 0 Å². The zero-order chi connectivity index (χ0) is 21.2. The number of aliphatic imine (C=N–C) groups is 1. The van der Waals surface area contributed by atoms with Crippen molar-refractivity contribution in [3.63, 3.8) is 0 Å². The molecule has 4 N–H and O–H groups in total. The number of carbonyl (C=O) groups is 1. The number of hydrogen-bond acceptors (Lipinski definition) is 4. The molecule has 11 heteroatoms. The molecule has 0 unspecified atom stereocenters. The van der Waals surface area contributed by atoms with Crippen LogP contribution < -0.4 is 16.2 Å². The van der Waals surface area contributed by atoms with Crippen LogP contribution in [0.5, 0.6) is 11.5 Å². The number of aromatic nitrogens is 3. The Morgan fingerprint density at radius 3 is 2.28 bits per heavy atom. The van der Waals surface area contributed by atoms with E-state index >= 15 is 0 Å². The van der Waals surface area contributed by atoms with Gasteiger partial charge in [-0.2, -0.15) is 18.2 Å². The van der Waals surface area contributed by atoms with Crippen LogP contribution in [-0.2, 0) is 6.18 Å². The number of nitrogens with zero attached hydrogens (tertiary/aromatic N) is 4. The van der Waals surface area contributed by atoms with E-state index < -0.39 is 29.4 Å². The maximum atomic E-state index is 13.5. The van der Waals surface area contributed by atoms with Gasteiger partial charge in [0.25, 0.3) is 5.91 Å². The fourth-order valence-electron chi connectivity index (χ4n) is 2.54. The minimum absolute atomic E-state index is 0.176. The Bertz CT molecular complexity index is 1060. The predicted molar refractivity (Wildman–Crippen MR) is 97.8 cm³/mol. The topological polar surface area (TPSA) is 121 Å². The van der Waals surface area contributed by atoms with Crippen LogP contribution in [0.4, 0.5) is 13.2 Å². The van der Waals surface area contributed by atoms with Crippen molar-refractivity contribution in [3.05, 3.63) is 65.7 Å². The summed E-state index contributed by atoms with van der Waals surface area (Å²) in [7, 11) is 0. The van der Waals surface area contributed by atoms with Gasteiger partial charge in [0.15, 0.2) is 5.96 Å². The van der Waals surface area contributed by atoms with Crippen molar-refractivity contribution in [1.82, 2.24) is 14.8 Å². The van der Waals surface area contributed by atoms with Crippen LogP contribution in [0.3, 0.4) is 0 Å². The minimum Gasteiger partial charge on any atom is -0.457 e. The highest BCUT2D eigenvalue weighted by Gasteiger charge is 2.36. The van der Waals surface area contributed by atoms with Gasteiger partial charge >= 0.3 is 6.18 Å².